The molecule has 0 bridgehead atoms. The van der Waals surface area contributed by atoms with Crippen LogP contribution >= 0.6 is 0 Å². The Morgan fingerprint density at radius 3 is 2.27 bits per heavy atom. The van der Waals surface area contributed by atoms with Crippen LogP contribution in [-0.4, -0.2) is 8.42 Å². The monoisotopic (exact) mass is 319 g/mol. The summed E-state index contributed by atoms with van der Waals surface area (Å²) < 4.78 is 40.6. The van der Waals surface area contributed by atoms with Crippen LogP contribution in [0.5, 0.6) is 0 Å². The Kier molecular flexibility index (Phi) is 5.11. The Hall–Kier alpha value is -1.98. The third kappa shape index (κ3) is 4.02. The Balaban J connectivity index is 2.28. The van der Waals surface area contributed by atoms with Gasteiger partial charge in [-0.2, -0.15) is 0 Å². The molecule has 0 aliphatic carbocycles. The SMILES string of the molecule is C=CC[C@H](NS(=O)(=O)c1ccc(C)cc1)c1ccc(F)cc1. The van der Waals surface area contributed by atoms with Gasteiger partial charge in [-0.1, -0.05) is 35.9 Å². The number of halogens is 1. The lowest BCUT2D eigenvalue weighted by Crippen LogP contribution is -2.28. The molecule has 1 atom stereocenters. The molecule has 3 nitrogen and oxygen atoms in total. The summed E-state index contributed by atoms with van der Waals surface area (Å²) in [4.78, 5) is 0.203. The highest BCUT2D eigenvalue weighted by Crippen LogP contribution is 2.21. The maximum Gasteiger partial charge on any atom is 0.241 e. The number of nitrogens with one attached hydrogen (secondary N) is 1. The summed E-state index contributed by atoms with van der Waals surface area (Å²) in [5.74, 6) is -0.359. The van der Waals surface area contributed by atoms with Crippen LogP contribution in [0.25, 0.3) is 0 Å². The highest BCUT2D eigenvalue weighted by Gasteiger charge is 2.20. The first-order valence-corrected chi connectivity index (χ1v) is 8.36. The van der Waals surface area contributed by atoms with E-state index in [1.54, 1.807) is 42.5 Å². The van der Waals surface area contributed by atoms with Crippen molar-refractivity contribution in [2.75, 3.05) is 0 Å². The van der Waals surface area contributed by atoms with Crippen LogP contribution in [0.1, 0.15) is 23.6 Å². The largest absolute Gasteiger partial charge is 0.241 e. The molecule has 0 aromatic heterocycles. The van der Waals surface area contributed by atoms with Gasteiger partial charge in [0.2, 0.25) is 10.0 Å². The molecule has 0 aliphatic rings. The molecule has 0 radical (unpaired) electrons. The lowest BCUT2D eigenvalue weighted by Gasteiger charge is -2.18. The predicted molar refractivity (Wildman–Crippen MR) is 85.5 cm³/mol. The zero-order valence-electron chi connectivity index (χ0n) is 12.3. The van der Waals surface area contributed by atoms with Crippen LogP contribution in [0.4, 0.5) is 4.39 Å². The molecule has 0 unspecified atom stereocenters. The third-order valence-corrected chi connectivity index (χ3v) is 4.79. The summed E-state index contributed by atoms with van der Waals surface area (Å²) in [6, 6.07) is 11.9. The van der Waals surface area contributed by atoms with Gasteiger partial charge in [0.25, 0.3) is 0 Å². The molecule has 0 saturated heterocycles. The molecule has 0 spiro atoms. The van der Waals surface area contributed by atoms with Crippen molar-refractivity contribution in [2.24, 2.45) is 0 Å². The quantitative estimate of drug-likeness (QED) is 0.825. The van der Waals surface area contributed by atoms with E-state index in [2.05, 4.69) is 11.3 Å². The van der Waals surface area contributed by atoms with Gasteiger partial charge in [0, 0.05) is 0 Å². The van der Waals surface area contributed by atoms with Crippen LogP contribution in [0.3, 0.4) is 0 Å². The van der Waals surface area contributed by atoms with Crippen molar-refractivity contribution in [3.63, 3.8) is 0 Å². The number of sulfonamides is 1. The number of benzene rings is 2. The molecule has 1 N–H and O–H groups in total. The fourth-order valence-corrected chi connectivity index (χ4v) is 3.32. The van der Waals surface area contributed by atoms with Crippen molar-refractivity contribution < 1.29 is 12.8 Å². The molecular formula is C17H18FNO2S. The minimum atomic E-state index is -3.65. The molecule has 2 aromatic carbocycles. The molecule has 22 heavy (non-hydrogen) atoms. The second-order valence-electron chi connectivity index (χ2n) is 5.06. The molecule has 2 aromatic rings. The fourth-order valence-electron chi connectivity index (χ4n) is 2.09. The van der Waals surface area contributed by atoms with Gasteiger partial charge in [-0.15, -0.1) is 6.58 Å². The Labute approximate surface area is 130 Å². The van der Waals surface area contributed by atoms with E-state index < -0.39 is 16.1 Å². The molecule has 0 heterocycles. The van der Waals surface area contributed by atoms with Crippen molar-refractivity contribution in [2.45, 2.75) is 24.3 Å². The predicted octanol–water partition coefficient (Wildman–Crippen LogP) is 3.73. The second-order valence-corrected chi connectivity index (χ2v) is 6.78. The summed E-state index contributed by atoms with van der Waals surface area (Å²) in [6.45, 7) is 5.54. The summed E-state index contributed by atoms with van der Waals surface area (Å²) >= 11 is 0. The van der Waals surface area contributed by atoms with Gasteiger partial charge < -0.3 is 0 Å². The van der Waals surface area contributed by atoms with E-state index in [0.29, 0.717) is 12.0 Å². The molecular weight excluding hydrogens is 301 g/mol. The standard InChI is InChI=1S/C17H18FNO2S/c1-3-4-17(14-7-9-15(18)10-8-14)19-22(20,21)16-11-5-13(2)6-12-16/h3,5-12,17,19H,1,4H2,2H3/t17-/m0/s1. The van der Waals surface area contributed by atoms with E-state index >= 15 is 0 Å². The van der Waals surface area contributed by atoms with E-state index in [1.165, 1.54) is 12.1 Å². The van der Waals surface area contributed by atoms with Gasteiger partial charge in [0.05, 0.1) is 10.9 Å². The molecule has 0 fully saturated rings. The number of aryl methyl sites for hydroxylation is 1. The van der Waals surface area contributed by atoms with Crippen molar-refractivity contribution in [1.82, 2.24) is 4.72 Å². The molecule has 116 valence electrons. The smallest absolute Gasteiger partial charge is 0.207 e. The van der Waals surface area contributed by atoms with E-state index in [0.717, 1.165) is 5.56 Å². The Morgan fingerprint density at radius 2 is 1.73 bits per heavy atom. The van der Waals surface area contributed by atoms with Gasteiger partial charge in [-0.05, 0) is 43.2 Å². The maximum absolute atomic E-state index is 13.0. The summed E-state index contributed by atoms with van der Waals surface area (Å²) in [5, 5.41) is 0. The third-order valence-electron chi connectivity index (χ3n) is 3.30. The Bertz CT molecular complexity index is 737. The van der Waals surface area contributed by atoms with E-state index in [9.17, 15) is 12.8 Å². The first-order chi connectivity index (χ1) is 10.4. The minimum absolute atomic E-state index is 0.203. The lowest BCUT2D eigenvalue weighted by molar-refractivity contribution is 0.557. The molecule has 0 aliphatic heterocycles. The summed E-state index contributed by atoms with van der Waals surface area (Å²) in [5.41, 5.74) is 1.68. The van der Waals surface area contributed by atoms with E-state index in [-0.39, 0.29) is 10.7 Å². The van der Waals surface area contributed by atoms with Crippen LogP contribution in [0.2, 0.25) is 0 Å². The lowest BCUT2D eigenvalue weighted by atomic mass is 10.1. The van der Waals surface area contributed by atoms with Crippen LogP contribution in [0.15, 0.2) is 66.1 Å². The fraction of sp³-hybridized carbons (Fsp3) is 0.176. The topological polar surface area (TPSA) is 46.2 Å². The zero-order valence-corrected chi connectivity index (χ0v) is 13.1. The second kappa shape index (κ2) is 6.85. The van der Waals surface area contributed by atoms with Gasteiger partial charge in [0.1, 0.15) is 5.82 Å². The average Bonchev–Trinajstić information content (AvgIpc) is 2.48. The van der Waals surface area contributed by atoms with E-state index in [1.807, 2.05) is 6.92 Å². The summed E-state index contributed by atoms with van der Waals surface area (Å²) in [6.07, 6.45) is 2.04. The molecule has 2 rings (SSSR count). The zero-order chi connectivity index (χ0) is 16.2. The van der Waals surface area contributed by atoms with Crippen molar-refractivity contribution >= 4 is 10.0 Å². The van der Waals surface area contributed by atoms with Crippen molar-refractivity contribution in [3.8, 4) is 0 Å². The first kappa shape index (κ1) is 16.4. The minimum Gasteiger partial charge on any atom is -0.207 e. The normalized spacial score (nSPS) is 12.8. The highest BCUT2D eigenvalue weighted by atomic mass is 32.2. The van der Waals surface area contributed by atoms with Gasteiger partial charge in [-0.3, -0.25) is 0 Å². The number of hydrogen-bond donors (Lipinski definition) is 1. The highest BCUT2D eigenvalue weighted by molar-refractivity contribution is 7.89. The van der Waals surface area contributed by atoms with Crippen LogP contribution in [0, 0.1) is 12.7 Å². The maximum atomic E-state index is 13.0. The summed E-state index contributed by atoms with van der Waals surface area (Å²) in [7, 11) is -3.65. The average molecular weight is 319 g/mol. The number of rotatable bonds is 6. The van der Waals surface area contributed by atoms with Gasteiger partial charge in [0.15, 0.2) is 0 Å². The van der Waals surface area contributed by atoms with Crippen LogP contribution < -0.4 is 4.72 Å². The number of hydrogen-bond acceptors (Lipinski definition) is 2. The van der Waals surface area contributed by atoms with Crippen LogP contribution in [-0.2, 0) is 10.0 Å². The molecule has 0 saturated carbocycles. The Morgan fingerprint density at radius 1 is 1.14 bits per heavy atom. The first-order valence-electron chi connectivity index (χ1n) is 6.88. The van der Waals surface area contributed by atoms with Crippen molar-refractivity contribution in [1.29, 1.82) is 0 Å². The molecule has 5 heteroatoms. The van der Waals surface area contributed by atoms with Gasteiger partial charge in [-0.25, -0.2) is 17.5 Å². The van der Waals surface area contributed by atoms with Gasteiger partial charge >= 0.3 is 0 Å². The van der Waals surface area contributed by atoms with Crippen molar-refractivity contribution in [3.05, 3.63) is 78.1 Å². The van der Waals surface area contributed by atoms with E-state index in [4.69, 9.17) is 0 Å². The molecule has 0 amide bonds.